The van der Waals surface area contributed by atoms with Gasteiger partial charge in [-0.15, -0.1) is 12.1 Å². The van der Waals surface area contributed by atoms with Gasteiger partial charge in [-0.25, -0.2) is 0 Å². The smallest absolute Gasteiger partial charge is 0.431 e. The number of nitrogens with zero attached hydrogens (tertiary/aromatic N) is 5. The molecule has 0 unspecified atom stereocenters. The fourth-order valence-corrected chi connectivity index (χ4v) is 2.09. The number of alkyl halides is 3. The van der Waals surface area contributed by atoms with Gasteiger partial charge in [0.25, 0.3) is 0 Å². The summed E-state index contributed by atoms with van der Waals surface area (Å²) in [6.07, 6.45) is 0.0980. The van der Waals surface area contributed by atoms with E-state index in [2.05, 4.69) is 26.3 Å². The molecule has 1 radical (unpaired) electrons. The van der Waals surface area contributed by atoms with Gasteiger partial charge in [-0.3, -0.25) is 18.4 Å². The Morgan fingerprint density at radius 1 is 1.03 bits per heavy atom. The summed E-state index contributed by atoms with van der Waals surface area (Å²) in [6, 6.07) is 11.8. The van der Waals surface area contributed by atoms with Gasteiger partial charge in [0.05, 0.1) is 0 Å². The van der Waals surface area contributed by atoms with E-state index in [4.69, 9.17) is 0 Å². The van der Waals surface area contributed by atoms with Crippen LogP contribution in [0.25, 0.3) is 17.1 Å². The number of halogens is 5. The molecule has 0 fully saturated rings. The van der Waals surface area contributed by atoms with Crippen LogP contribution in [0.1, 0.15) is 5.69 Å². The third-order valence-corrected chi connectivity index (χ3v) is 3.33. The molecule has 4 aromatic rings. The van der Waals surface area contributed by atoms with Crippen molar-refractivity contribution in [3.8, 4) is 17.1 Å². The standard InChI is InChI=1S/C9H5F3N3.C9H5F2N2.Ir/c10-9(11,12)8-5-7(14-15-8)6-3-1-2-4-13-6;10-7-2-3-9(8(11)6-7)13-5-1-4-12-13;/h1-5H;1-2,4-6H;/q2*-1;. The monoisotopic (exact) mass is 584 g/mol. The largest absolute Gasteiger partial charge is 0.573 e. The summed E-state index contributed by atoms with van der Waals surface area (Å²) < 4.78 is 63.4. The molecular weight excluding hydrogens is 573 g/mol. The van der Waals surface area contributed by atoms with E-state index in [9.17, 15) is 22.0 Å². The molecule has 11 heteroatoms. The van der Waals surface area contributed by atoms with Crippen LogP contribution in [0.5, 0.6) is 0 Å². The summed E-state index contributed by atoms with van der Waals surface area (Å²) in [4.78, 5) is 3.87. The molecule has 1 aromatic carbocycles. The molecule has 0 aliphatic rings. The zero-order chi connectivity index (χ0) is 20.1. The van der Waals surface area contributed by atoms with Crippen molar-refractivity contribution in [2.24, 2.45) is 0 Å². The van der Waals surface area contributed by atoms with E-state index in [1.165, 1.54) is 17.1 Å². The van der Waals surface area contributed by atoms with Gasteiger partial charge < -0.3 is 10.2 Å². The van der Waals surface area contributed by atoms with Crippen LogP contribution in [0.15, 0.2) is 61.1 Å². The number of hydrogen-bond donors (Lipinski definition) is 0. The molecule has 5 nitrogen and oxygen atoms in total. The summed E-state index contributed by atoms with van der Waals surface area (Å²) in [5, 5.41) is 10.3. The van der Waals surface area contributed by atoms with Crippen LogP contribution in [0.2, 0.25) is 0 Å². The van der Waals surface area contributed by atoms with E-state index in [-0.39, 0.29) is 31.5 Å². The zero-order valence-electron chi connectivity index (χ0n) is 14.2. The summed E-state index contributed by atoms with van der Waals surface area (Å²) in [7, 11) is 0. The molecule has 153 valence electrons. The third kappa shape index (κ3) is 5.78. The summed E-state index contributed by atoms with van der Waals surface area (Å²) in [6.45, 7) is 0. The Morgan fingerprint density at radius 2 is 1.83 bits per heavy atom. The average molecular weight is 584 g/mol. The fraction of sp³-hybridized carbons (Fsp3) is 0.0556. The first kappa shape index (κ1) is 22.4. The Labute approximate surface area is 175 Å². The van der Waals surface area contributed by atoms with Gasteiger partial charge >= 0.3 is 6.18 Å². The molecule has 0 amide bonds. The molecule has 4 rings (SSSR count). The molecule has 0 saturated heterocycles. The van der Waals surface area contributed by atoms with Crippen LogP contribution in [-0.4, -0.2) is 19.9 Å². The number of hydrogen-bond acceptors (Lipinski definition) is 3. The molecular formula is C18H10F5IrN5-2. The van der Waals surface area contributed by atoms with Crippen molar-refractivity contribution in [2.45, 2.75) is 6.18 Å². The first-order chi connectivity index (χ1) is 13.3. The van der Waals surface area contributed by atoms with E-state index in [0.717, 1.165) is 18.2 Å². The minimum Gasteiger partial charge on any atom is -0.573 e. The molecule has 0 aliphatic heterocycles. The minimum atomic E-state index is -4.46. The van der Waals surface area contributed by atoms with Crippen LogP contribution >= 0.6 is 0 Å². The van der Waals surface area contributed by atoms with Gasteiger partial charge in [-0.1, -0.05) is 11.8 Å². The predicted molar refractivity (Wildman–Crippen MR) is 88.1 cm³/mol. The van der Waals surface area contributed by atoms with Crippen LogP contribution in [0.4, 0.5) is 22.0 Å². The maximum atomic E-state index is 13.1. The molecule has 3 heterocycles. The van der Waals surface area contributed by atoms with Crippen molar-refractivity contribution < 1.29 is 42.1 Å². The predicted octanol–water partition coefficient (Wildman–Crippen LogP) is 4.07. The topological polar surface area (TPSA) is 57.7 Å². The van der Waals surface area contributed by atoms with Crippen molar-refractivity contribution >= 4 is 0 Å². The minimum absolute atomic E-state index is 0. The zero-order valence-corrected chi connectivity index (χ0v) is 16.6. The van der Waals surface area contributed by atoms with Gasteiger partial charge in [0, 0.05) is 56.0 Å². The van der Waals surface area contributed by atoms with E-state index in [0.29, 0.717) is 5.69 Å². The van der Waals surface area contributed by atoms with Crippen molar-refractivity contribution in [3.63, 3.8) is 0 Å². The van der Waals surface area contributed by atoms with Crippen molar-refractivity contribution in [2.75, 3.05) is 0 Å². The SMILES string of the molecule is FC(F)(F)c1cc(-c2ccccn2)[n-]n1.Fc1c[c-]c(-n2cccn2)c(F)c1.[Ir]. The molecule has 29 heavy (non-hydrogen) atoms. The maximum Gasteiger partial charge on any atom is 0.431 e. The number of benzene rings is 1. The Morgan fingerprint density at radius 3 is 2.38 bits per heavy atom. The molecule has 0 saturated carbocycles. The Bertz CT molecular complexity index is 1030. The number of pyridine rings is 1. The summed E-state index contributed by atoms with van der Waals surface area (Å²) in [5.74, 6) is -1.32. The Balaban J connectivity index is 0.000000202. The van der Waals surface area contributed by atoms with Crippen molar-refractivity contribution in [3.05, 3.63) is 84.4 Å². The molecule has 0 atom stereocenters. The van der Waals surface area contributed by atoms with Gasteiger partial charge in [0.15, 0.2) is 0 Å². The van der Waals surface area contributed by atoms with Crippen molar-refractivity contribution in [1.29, 1.82) is 0 Å². The van der Waals surface area contributed by atoms with Crippen LogP contribution < -0.4 is 5.10 Å². The molecule has 0 bridgehead atoms. The first-order valence-electron chi connectivity index (χ1n) is 7.70. The van der Waals surface area contributed by atoms with E-state index in [1.807, 2.05) is 0 Å². The number of rotatable bonds is 2. The maximum absolute atomic E-state index is 13.1. The number of aromatic nitrogens is 5. The Kier molecular flexibility index (Phi) is 7.35. The molecule has 0 spiro atoms. The summed E-state index contributed by atoms with van der Waals surface area (Å²) >= 11 is 0. The first-order valence-corrected chi connectivity index (χ1v) is 7.70. The van der Waals surface area contributed by atoms with Crippen LogP contribution in [-0.2, 0) is 26.3 Å². The van der Waals surface area contributed by atoms with Gasteiger partial charge in [0.2, 0.25) is 0 Å². The second-order valence-corrected chi connectivity index (χ2v) is 5.29. The van der Waals surface area contributed by atoms with Gasteiger partial charge in [0.1, 0.15) is 5.69 Å². The quantitative estimate of drug-likeness (QED) is 0.264. The van der Waals surface area contributed by atoms with Crippen LogP contribution in [0.3, 0.4) is 0 Å². The van der Waals surface area contributed by atoms with Gasteiger partial charge in [-0.2, -0.15) is 24.3 Å². The molecule has 3 aromatic heterocycles. The second-order valence-electron chi connectivity index (χ2n) is 5.29. The average Bonchev–Trinajstić information content (AvgIpc) is 3.35. The van der Waals surface area contributed by atoms with E-state index in [1.54, 1.807) is 30.5 Å². The second kappa shape index (κ2) is 9.53. The van der Waals surface area contributed by atoms with Crippen LogP contribution in [0, 0.1) is 17.7 Å². The summed E-state index contributed by atoms with van der Waals surface area (Å²) in [5.41, 5.74) is -0.377. The third-order valence-electron chi connectivity index (χ3n) is 3.33. The van der Waals surface area contributed by atoms with E-state index >= 15 is 0 Å². The van der Waals surface area contributed by atoms with Crippen molar-refractivity contribution in [1.82, 2.24) is 25.0 Å². The van der Waals surface area contributed by atoms with E-state index < -0.39 is 23.5 Å². The molecule has 0 N–H and O–H groups in total. The molecule has 0 aliphatic carbocycles. The Hall–Kier alpha value is -2.91. The van der Waals surface area contributed by atoms with Gasteiger partial charge in [-0.05, 0) is 30.0 Å². The fourth-order valence-electron chi connectivity index (χ4n) is 2.09. The normalized spacial score (nSPS) is 10.7.